The molecule has 2 unspecified atom stereocenters. The van der Waals surface area contributed by atoms with Crippen molar-refractivity contribution in [3.63, 3.8) is 0 Å². The molecule has 1 aliphatic rings. The van der Waals surface area contributed by atoms with Gasteiger partial charge < -0.3 is 10.2 Å². The molecule has 0 aromatic heterocycles. The monoisotopic (exact) mass is 312 g/mol. The predicted molar refractivity (Wildman–Crippen MR) is 78.3 cm³/mol. The lowest BCUT2D eigenvalue weighted by atomic mass is 10.0. The summed E-state index contributed by atoms with van der Waals surface area (Å²) in [5.41, 5.74) is 0.619. The molecule has 21 heavy (non-hydrogen) atoms. The zero-order valence-corrected chi connectivity index (χ0v) is 12.8. The highest BCUT2D eigenvalue weighted by Gasteiger charge is 2.37. The summed E-state index contributed by atoms with van der Waals surface area (Å²) in [7, 11) is 0. The number of hydrogen-bond donors (Lipinski definition) is 1. The normalized spacial score (nSPS) is 22.4. The first-order valence-electron chi connectivity index (χ1n) is 6.98. The van der Waals surface area contributed by atoms with Gasteiger partial charge in [0.2, 0.25) is 11.8 Å². The van der Waals surface area contributed by atoms with Gasteiger partial charge in [0, 0.05) is 6.54 Å². The van der Waals surface area contributed by atoms with Crippen molar-refractivity contribution in [3.05, 3.63) is 34.6 Å². The zero-order valence-electron chi connectivity index (χ0n) is 12.0. The second-order valence-electron chi connectivity index (χ2n) is 5.25. The number of benzene rings is 1. The molecule has 1 aromatic carbocycles. The van der Waals surface area contributed by atoms with Crippen LogP contribution in [0, 0.1) is 5.82 Å². The van der Waals surface area contributed by atoms with E-state index in [0.29, 0.717) is 12.0 Å². The van der Waals surface area contributed by atoms with Crippen LogP contribution in [0.25, 0.3) is 0 Å². The highest BCUT2D eigenvalue weighted by atomic mass is 35.5. The Hall–Kier alpha value is -1.62. The van der Waals surface area contributed by atoms with E-state index in [1.54, 1.807) is 13.0 Å². The van der Waals surface area contributed by atoms with Gasteiger partial charge in [0.15, 0.2) is 0 Å². The molecule has 1 N–H and O–H groups in total. The lowest BCUT2D eigenvalue weighted by Gasteiger charge is -2.38. The first-order valence-corrected chi connectivity index (χ1v) is 7.36. The van der Waals surface area contributed by atoms with Gasteiger partial charge in [0.1, 0.15) is 17.9 Å². The van der Waals surface area contributed by atoms with Crippen molar-refractivity contribution >= 4 is 23.4 Å². The van der Waals surface area contributed by atoms with E-state index < -0.39 is 17.9 Å². The van der Waals surface area contributed by atoms with Gasteiger partial charge >= 0.3 is 0 Å². The summed E-state index contributed by atoms with van der Waals surface area (Å²) >= 11 is 5.66. The predicted octanol–water partition coefficient (Wildman–Crippen LogP) is 2.49. The summed E-state index contributed by atoms with van der Waals surface area (Å²) in [4.78, 5) is 25.9. The molecule has 1 heterocycles. The molecule has 1 fully saturated rings. The topological polar surface area (TPSA) is 49.4 Å². The number of nitrogens with zero attached hydrogens (tertiary/aromatic N) is 1. The van der Waals surface area contributed by atoms with Gasteiger partial charge in [-0.05, 0) is 31.0 Å². The summed E-state index contributed by atoms with van der Waals surface area (Å²) in [5, 5.41) is 2.72. The lowest BCUT2D eigenvalue weighted by Crippen LogP contribution is -2.61. The molecule has 6 heteroatoms. The van der Waals surface area contributed by atoms with Crippen molar-refractivity contribution in [2.45, 2.75) is 45.3 Å². The summed E-state index contributed by atoms with van der Waals surface area (Å²) in [6, 6.07) is 3.37. The van der Waals surface area contributed by atoms with Crippen LogP contribution in [0.2, 0.25) is 5.02 Å². The third-order valence-electron chi connectivity index (χ3n) is 3.59. The van der Waals surface area contributed by atoms with Crippen LogP contribution in [0.15, 0.2) is 18.2 Å². The van der Waals surface area contributed by atoms with Crippen LogP contribution < -0.4 is 5.32 Å². The minimum absolute atomic E-state index is 0.0416. The SMILES string of the molecule is CCCC1C(=O)NC(C)C(=O)N1Cc1ccc(Cl)c(F)c1. The molecule has 114 valence electrons. The van der Waals surface area contributed by atoms with Gasteiger partial charge in [-0.15, -0.1) is 0 Å². The standard InChI is InChI=1S/C15H18ClFN2O2/c1-3-4-13-14(20)18-9(2)15(21)19(13)8-10-5-6-11(16)12(17)7-10/h5-7,9,13H,3-4,8H2,1-2H3,(H,18,20). The molecule has 0 spiro atoms. The minimum Gasteiger partial charge on any atom is -0.343 e. The van der Waals surface area contributed by atoms with E-state index in [4.69, 9.17) is 11.6 Å². The van der Waals surface area contributed by atoms with E-state index in [0.717, 1.165) is 6.42 Å². The quantitative estimate of drug-likeness (QED) is 0.928. The maximum absolute atomic E-state index is 13.5. The summed E-state index contributed by atoms with van der Waals surface area (Å²) in [5.74, 6) is -0.829. The molecular formula is C15H18ClFN2O2. The smallest absolute Gasteiger partial charge is 0.245 e. The van der Waals surface area contributed by atoms with Crippen molar-refractivity contribution in [3.8, 4) is 0 Å². The molecule has 0 bridgehead atoms. The van der Waals surface area contributed by atoms with Gasteiger partial charge in [-0.25, -0.2) is 4.39 Å². The molecule has 1 saturated heterocycles. The first kappa shape index (κ1) is 15.8. The number of carbonyl (C=O) groups is 2. The second-order valence-corrected chi connectivity index (χ2v) is 5.66. The highest BCUT2D eigenvalue weighted by Crippen LogP contribution is 2.21. The second kappa shape index (κ2) is 6.43. The van der Waals surface area contributed by atoms with Crippen LogP contribution in [-0.4, -0.2) is 28.8 Å². The average Bonchev–Trinajstić information content (AvgIpc) is 2.44. The molecule has 1 aliphatic heterocycles. The number of halogens is 2. The molecule has 4 nitrogen and oxygen atoms in total. The molecule has 1 aromatic rings. The Bertz CT molecular complexity index is 565. The van der Waals surface area contributed by atoms with Crippen molar-refractivity contribution in [1.29, 1.82) is 0 Å². The van der Waals surface area contributed by atoms with Crippen LogP contribution >= 0.6 is 11.6 Å². The fourth-order valence-electron chi connectivity index (χ4n) is 2.50. The number of hydrogen-bond acceptors (Lipinski definition) is 2. The molecule has 0 aliphatic carbocycles. The zero-order chi connectivity index (χ0) is 15.6. The third-order valence-corrected chi connectivity index (χ3v) is 3.90. The van der Waals surface area contributed by atoms with E-state index in [1.165, 1.54) is 17.0 Å². The van der Waals surface area contributed by atoms with Crippen molar-refractivity contribution in [1.82, 2.24) is 10.2 Å². The van der Waals surface area contributed by atoms with E-state index >= 15 is 0 Å². The number of nitrogens with one attached hydrogen (secondary N) is 1. The lowest BCUT2D eigenvalue weighted by molar-refractivity contribution is -0.149. The number of amides is 2. The van der Waals surface area contributed by atoms with Crippen LogP contribution in [0.1, 0.15) is 32.3 Å². The van der Waals surface area contributed by atoms with E-state index in [2.05, 4.69) is 5.32 Å². The number of piperazine rings is 1. The van der Waals surface area contributed by atoms with Gasteiger partial charge in [-0.2, -0.15) is 0 Å². The van der Waals surface area contributed by atoms with Crippen LogP contribution in [0.3, 0.4) is 0 Å². The largest absolute Gasteiger partial charge is 0.343 e. The Kier molecular flexibility index (Phi) is 4.83. The Balaban J connectivity index is 2.25. The Morgan fingerprint density at radius 2 is 2.10 bits per heavy atom. The fourth-order valence-corrected chi connectivity index (χ4v) is 2.62. The molecular weight excluding hydrogens is 295 g/mol. The Morgan fingerprint density at radius 3 is 2.71 bits per heavy atom. The molecule has 2 amide bonds. The van der Waals surface area contributed by atoms with Crippen LogP contribution in [0.4, 0.5) is 4.39 Å². The maximum Gasteiger partial charge on any atom is 0.245 e. The molecule has 0 radical (unpaired) electrons. The van der Waals surface area contributed by atoms with Crippen molar-refractivity contribution in [2.75, 3.05) is 0 Å². The molecule has 0 saturated carbocycles. The van der Waals surface area contributed by atoms with Gasteiger partial charge in [0.25, 0.3) is 0 Å². The van der Waals surface area contributed by atoms with Gasteiger partial charge in [-0.3, -0.25) is 9.59 Å². The summed E-state index contributed by atoms with van der Waals surface area (Å²) < 4.78 is 13.5. The summed E-state index contributed by atoms with van der Waals surface area (Å²) in [6.07, 6.45) is 1.37. The highest BCUT2D eigenvalue weighted by molar-refractivity contribution is 6.30. The Labute approximate surface area is 128 Å². The maximum atomic E-state index is 13.5. The van der Waals surface area contributed by atoms with E-state index in [1.807, 2.05) is 6.92 Å². The van der Waals surface area contributed by atoms with E-state index in [-0.39, 0.29) is 23.4 Å². The fraction of sp³-hybridized carbons (Fsp3) is 0.467. The minimum atomic E-state index is -0.553. The van der Waals surface area contributed by atoms with Crippen LogP contribution in [-0.2, 0) is 16.1 Å². The van der Waals surface area contributed by atoms with Gasteiger partial charge in [0.05, 0.1) is 5.02 Å². The summed E-state index contributed by atoms with van der Waals surface area (Å²) in [6.45, 7) is 3.81. The molecule has 2 atom stereocenters. The van der Waals surface area contributed by atoms with Gasteiger partial charge in [-0.1, -0.05) is 31.0 Å². The third kappa shape index (κ3) is 3.35. The van der Waals surface area contributed by atoms with Crippen molar-refractivity contribution < 1.29 is 14.0 Å². The molecule has 2 rings (SSSR count). The van der Waals surface area contributed by atoms with E-state index in [9.17, 15) is 14.0 Å². The Morgan fingerprint density at radius 1 is 1.38 bits per heavy atom. The first-order chi connectivity index (χ1) is 9.93. The number of carbonyl (C=O) groups excluding carboxylic acids is 2. The van der Waals surface area contributed by atoms with Crippen molar-refractivity contribution in [2.24, 2.45) is 0 Å². The average molecular weight is 313 g/mol. The van der Waals surface area contributed by atoms with Crippen LogP contribution in [0.5, 0.6) is 0 Å². The number of rotatable bonds is 4.